The second-order valence-corrected chi connectivity index (χ2v) is 5.95. The van der Waals surface area contributed by atoms with Crippen LogP contribution in [0.5, 0.6) is 0 Å². The van der Waals surface area contributed by atoms with Crippen LogP contribution in [-0.2, 0) is 9.53 Å². The van der Waals surface area contributed by atoms with Crippen LogP contribution in [0.1, 0.15) is 43.0 Å². The number of benzene rings is 1. The van der Waals surface area contributed by atoms with Crippen LogP contribution in [0.4, 0.5) is 9.18 Å². The van der Waals surface area contributed by atoms with Crippen molar-refractivity contribution in [2.45, 2.75) is 38.6 Å². The first-order chi connectivity index (χ1) is 11.5. The standard InChI is InChI=1S/C17H21FN2O4/c1-11-6-2-5-9-14(11)19-17(23)20-15(21)10-24-16(22)12-7-3-4-8-13(12)18/h3-4,7-8,11,14H,2,5-6,9-10H2,1H3,(H2,19,20,21,23). The van der Waals surface area contributed by atoms with Crippen LogP contribution >= 0.6 is 0 Å². The molecule has 2 unspecified atom stereocenters. The van der Waals surface area contributed by atoms with Crippen LogP contribution in [-0.4, -0.2) is 30.6 Å². The normalized spacial score (nSPS) is 20.1. The van der Waals surface area contributed by atoms with E-state index in [0.29, 0.717) is 5.92 Å². The van der Waals surface area contributed by atoms with Crippen LogP contribution in [0.2, 0.25) is 0 Å². The Kier molecular flexibility index (Phi) is 6.28. The average Bonchev–Trinajstić information content (AvgIpc) is 2.55. The summed E-state index contributed by atoms with van der Waals surface area (Å²) in [4.78, 5) is 35.1. The van der Waals surface area contributed by atoms with Gasteiger partial charge in [-0.1, -0.05) is 31.9 Å². The number of urea groups is 1. The van der Waals surface area contributed by atoms with E-state index < -0.39 is 30.3 Å². The van der Waals surface area contributed by atoms with Gasteiger partial charge in [0, 0.05) is 6.04 Å². The van der Waals surface area contributed by atoms with E-state index in [9.17, 15) is 18.8 Å². The summed E-state index contributed by atoms with van der Waals surface area (Å²) in [5.41, 5.74) is -0.259. The maximum atomic E-state index is 13.4. The van der Waals surface area contributed by atoms with Crippen LogP contribution in [0.25, 0.3) is 0 Å². The maximum Gasteiger partial charge on any atom is 0.341 e. The molecular formula is C17H21FN2O4. The number of hydrogen-bond acceptors (Lipinski definition) is 4. The minimum atomic E-state index is -0.954. The molecule has 0 aromatic heterocycles. The summed E-state index contributed by atoms with van der Waals surface area (Å²) in [6.45, 7) is 1.41. The highest BCUT2D eigenvalue weighted by atomic mass is 19.1. The summed E-state index contributed by atoms with van der Waals surface area (Å²) < 4.78 is 18.1. The Bertz CT molecular complexity index is 620. The van der Waals surface area contributed by atoms with E-state index in [1.54, 1.807) is 0 Å². The molecule has 0 saturated heterocycles. The number of carbonyl (C=O) groups excluding carboxylic acids is 3. The monoisotopic (exact) mass is 336 g/mol. The molecule has 0 radical (unpaired) electrons. The molecule has 0 bridgehead atoms. The predicted octanol–water partition coefficient (Wildman–Crippen LogP) is 2.39. The zero-order chi connectivity index (χ0) is 17.5. The Morgan fingerprint density at radius 2 is 1.92 bits per heavy atom. The fourth-order valence-electron chi connectivity index (χ4n) is 2.73. The molecule has 1 aromatic rings. The third-order valence-electron chi connectivity index (χ3n) is 4.11. The molecule has 0 heterocycles. The number of nitrogens with one attached hydrogen (secondary N) is 2. The first kappa shape index (κ1) is 17.9. The molecule has 0 spiro atoms. The fourth-order valence-corrected chi connectivity index (χ4v) is 2.73. The van der Waals surface area contributed by atoms with Gasteiger partial charge in [-0.25, -0.2) is 14.0 Å². The molecule has 1 aliphatic carbocycles. The number of imide groups is 1. The van der Waals surface area contributed by atoms with Crippen molar-refractivity contribution in [2.75, 3.05) is 6.61 Å². The molecule has 1 fully saturated rings. The van der Waals surface area contributed by atoms with E-state index in [0.717, 1.165) is 31.7 Å². The van der Waals surface area contributed by atoms with Crippen molar-refractivity contribution in [3.8, 4) is 0 Å². The van der Waals surface area contributed by atoms with Gasteiger partial charge in [-0.05, 0) is 30.9 Å². The smallest absolute Gasteiger partial charge is 0.341 e. The summed E-state index contributed by atoms with van der Waals surface area (Å²) >= 11 is 0. The highest BCUT2D eigenvalue weighted by molar-refractivity contribution is 5.97. The first-order valence-electron chi connectivity index (χ1n) is 7.99. The molecule has 1 saturated carbocycles. The molecular weight excluding hydrogens is 315 g/mol. The third-order valence-corrected chi connectivity index (χ3v) is 4.11. The zero-order valence-electron chi connectivity index (χ0n) is 13.5. The molecule has 130 valence electrons. The fraction of sp³-hybridized carbons (Fsp3) is 0.471. The van der Waals surface area contributed by atoms with Crippen molar-refractivity contribution in [3.63, 3.8) is 0 Å². The quantitative estimate of drug-likeness (QED) is 0.827. The zero-order valence-corrected chi connectivity index (χ0v) is 13.5. The second-order valence-electron chi connectivity index (χ2n) is 5.95. The molecule has 7 heteroatoms. The molecule has 2 N–H and O–H groups in total. The highest BCUT2D eigenvalue weighted by Crippen LogP contribution is 2.23. The summed E-state index contributed by atoms with van der Waals surface area (Å²) in [6, 6.07) is 4.73. The van der Waals surface area contributed by atoms with Crippen molar-refractivity contribution < 1.29 is 23.5 Å². The van der Waals surface area contributed by atoms with Gasteiger partial charge in [-0.3, -0.25) is 10.1 Å². The Morgan fingerprint density at radius 3 is 2.62 bits per heavy atom. The Balaban J connectivity index is 1.75. The highest BCUT2D eigenvalue weighted by Gasteiger charge is 2.23. The Hall–Kier alpha value is -2.44. The number of carbonyl (C=O) groups is 3. The summed E-state index contributed by atoms with van der Waals surface area (Å²) in [5, 5.41) is 4.87. The van der Waals surface area contributed by atoms with Gasteiger partial charge in [0.1, 0.15) is 5.82 Å². The van der Waals surface area contributed by atoms with Crippen LogP contribution in [0.15, 0.2) is 24.3 Å². The minimum absolute atomic E-state index is 0.0347. The lowest BCUT2D eigenvalue weighted by molar-refractivity contribution is -0.123. The van der Waals surface area contributed by atoms with Gasteiger partial charge in [-0.2, -0.15) is 0 Å². The number of ether oxygens (including phenoxy) is 1. The summed E-state index contributed by atoms with van der Waals surface area (Å²) in [6.07, 6.45) is 4.11. The van der Waals surface area contributed by atoms with E-state index in [-0.39, 0.29) is 11.6 Å². The lowest BCUT2D eigenvalue weighted by atomic mass is 9.86. The van der Waals surface area contributed by atoms with Gasteiger partial charge >= 0.3 is 12.0 Å². The molecule has 1 aliphatic rings. The summed E-state index contributed by atoms with van der Waals surface area (Å²) in [5.74, 6) is -2.09. The number of hydrogen-bond donors (Lipinski definition) is 2. The number of rotatable bonds is 4. The topological polar surface area (TPSA) is 84.5 Å². The maximum absolute atomic E-state index is 13.4. The van der Waals surface area contributed by atoms with Crippen LogP contribution in [0.3, 0.4) is 0 Å². The van der Waals surface area contributed by atoms with Gasteiger partial charge < -0.3 is 10.1 Å². The van der Waals surface area contributed by atoms with E-state index in [1.165, 1.54) is 18.2 Å². The third kappa shape index (κ3) is 5.04. The Morgan fingerprint density at radius 1 is 1.21 bits per heavy atom. The lowest BCUT2D eigenvalue weighted by Gasteiger charge is -2.29. The average molecular weight is 336 g/mol. The SMILES string of the molecule is CC1CCCCC1NC(=O)NC(=O)COC(=O)c1ccccc1F. The van der Waals surface area contributed by atoms with E-state index >= 15 is 0 Å². The van der Waals surface area contributed by atoms with Crippen molar-refractivity contribution in [1.29, 1.82) is 0 Å². The van der Waals surface area contributed by atoms with Crippen molar-refractivity contribution in [1.82, 2.24) is 10.6 Å². The van der Waals surface area contributed by atoms with Gasteiger partial charge in [0.05, 0.1) is 5.56 Å². The van der Waals surface area contributed by atoms with E-state index in [4.69, 9.17) is 4.74 Å². The van der Waals surface area contributed by atoms with Gasteiger partial charge in [0.25, 0.3) is 5.91 Å². The van der Waals surface area contributed by atoms with Gasteiger partial charge in [0.15, 0.2) is 6.61 Å². The van der Waals surface area contributed by atoms with Crippen molar-refractivity contribution in [2.24, 2.45) is 5.92 Å². The van der Waals surface area contributed by atoms with Gasteiger partial charge in [-0.15, -0.1) is 0 Å². The molecule has 1 aromatic carbocycles. The molecule has 24 heavy (non-hydrogen) atoms. The molecule has 3 amide bonds. The molecule has 0 aliphatic heterocycles. The lowest BCUT2D eigenvalue weighted by Crippen LogP contribution is -2.48. The number of halogens is 1. The van der Waals surface area contributed by atoms with Crippen LogP contribution < -0.4 is 10.6 Å². The molecule has 2 atom stereocenters. The number of amides is 3. The van der Waals surface area contributed by atoms with E-state index in [2.05, 4.69) is 17.6 Å². The minimum Gasteiger partial charge on any atom is -0.452 e. The van der Waals surface area contributed by atoms with Crippen LogP contribution in [0, 0.1) is 11.7 Å². The largest absolute Gasteiger partial charge is 0.452 e. The molecule has 6 nitrogen and oxygen atoms in total. The molecule has 2 rings (SSSR count). The second kappa shape index (κ2) is 8.42. The summed E-state index contributed by atoms with van der Waals surface area (Å²) in [7, 11) is 0. The van der Waals surface area contributed by atoms with E-state index in [1.807, 2.05) is 0 Å². The number of esters is 1. The Labute approximate surface area is 139 Å². The first-order valence-corrected chi connectivity index (χ1v) is 7.99. The van der Waals surface area contributed by atoms with Gasteiger partial charge in [0.2, 0.25) is 0 Å². The predicted molar refractivity (Wildman–Crippen MR) is 84.8 cm³/mol. The van der Waals surface area contributed by atoms with Crippen molar-refractivity contribution in [3.05, 3.63) is 35.6 Å². The van der Waals surface area contributed by atoms with Crippen molar-refractivity contribution >= 4 is 17.9 Å².